The summed E-state index contributed by atoms with van der Waals surface area (Å²) >= 11 is 0. The molecule has 0 heterocycles. The molecule has 4 nitrogen and oxygen atoms in total. The first-order valence-corrected chi connectivity index (χ1v) is 8.11. The fraction of sp³-hybridized carbons (Fsp3) is 0.350. The van der Waals surface area contributed by atoms with Crippen molar-refractivity contribution in [2.24, 2.45) is 0 Å². The minimum absolute atomic E-state index is 0.236. The number of para-hydroxylation sites is 1. The molecule has 4 heteroatoms. The Balaban J connectivity index is 1.99. The predicted octanol–water partition coefficient (Wildman–Crippen LogP) is 4.25. The molecular weight excluding hydrogens is 304 g/mol. The van der Waals surface area contributed by atoms with Crippen LogP contribution in [0.15, 0.2) is 36.4 Å². The first kappa shape index (κ1) is 17.9. The molecular formula is C20H24O4. The van der Waals surface area contributed by atoms with Gasteiger partial charge in [-0.05, 0) is 56.0 Å². The number of carbonyl (C=O) groups excluding carboxylic acids is 1. The number of aryl methyl sites for hydroxylation is 3. The fourth-order valence-electron chi connectivity index (χ4n) is 2.51. The van der Waals surface area contributed by atoms with Gasteiger partial charge in [-0.1, -0.05) is 24.3 Å². The standard InChI is InChI=1S/C20H24O4/c1-5-23-17-11-9-16(13-18(17)22-4)10-12-19(21)24-20-14(2)7-6-8-15(20)3/h6-9,11,13H,5,10,12H2,1-4H3. The van der Waals surface area contributed by atoms with Gasteiger partial charge < -0.3 is 14.2 Å². The molecule has 0 radical (unpaired) electrons. The van der Waals surface area contributed by atoms with Gasteiger partial charge in [-0.3, -0.25) is 4.79 Å². The third-order valence-corrected chi connectivity index (χ3v) is 3.77. The summed E-state index contributed by atoms with van der Waals surface area (Å²) < 4.78 is 16.4. The van der Waals surface area contributed by atoms with Crippen molar-refractivity contribution in [3.05, 3.63) is 53.1 Å². The molecule has 0 aliphatic rings. The molecule has 0 fully saturated rings. The van der Waals surface area contributed by atoms with Crippen LogP contribution in [0.2, 0.25) is 0 Å². The van der Waals surface area contributed by atoms with E-state index in [0.717, 1.165) is 16.7 Å². The highest BCUT2D eigenvalue weighted by atomic mass is 16.5. The molecule has 0 aliphatic carbocycles. The third kappa shape index (κ3) is 4.51. The number of methoxy groups -OCH3 is 1. The molecule has 24 heavy (non-hydrogen) atoms. The first-order valence-electron chi connectivity index (χ1n) is 8.11. The zero-order valence-corrected chi connectivity index (χ0v) is 14.7. The number of benzene rings is 2. The topological polar surface area (TPSA) is 44.8 Å². The quantitative estimate of drug-likeness (QED) is 0.563. The van der Waals surface area contributed by atoms with Crippen molar-refractivity contribution in [3.8, 4) is 17.2 Å². The number of esters is 1. The lowest BCUT2D eigenvalue weighted by Gasteiger charge is -2.12. The lowest BCUT2D eigenvalue weighted by Crippen LogP contribution is -2.10. The van der Waals surface area contributed by atoms with E-state index in [0.29, 0.717) is 36.7 Å². The average Bonchev–Trinajstić information content (AvgIpc) is 2.57. The maximum atomic E-state index is 12.1. The molecule has 0 spiro atoms. The van der Waals surface area contributed by atoms with Gasteiger partial charge in [0.25, 0.3) is 0 Å². The third-order valence-electron chi connectivity index (χ3n) is 3.77. The maximum Gasteiger partial charge on any atom is 0.311 e. The number of carbonyl (C=O) groups is 1. The van der Waals surface area contributed by atoms with Crippen molar-refractivity contribution in [1.82, 2.24) is 0 Å². The van der Waals surface area contributed by atoms with Crippen LogP contribution in [0.1, 0.15) is 30.0 Å². The Morgan fingerprint density at radius 1 is 1.04 bits per heavy atom. The highest BCUT2D eigenvalue weighted by Gasteiger charge is 2.11. The number of hydrogen-bond acceptors (Lipinski definition) is 4. The molecule has 128 valence electrons. The molecule has 0 N–H and O–H groups in total. The minimum atomic E-state index is -0.236. The molecule has 0 saturated carbocycles. The molecule has 0 saturated heterocycles. The van der Waals surface area contributed by atoms with Crippen LogP contribution in [0.25, 0.3) is 0 Å². The van der Waals surface area contributed by atoms with Crippen molar-refractivity contribution in [2.45, 2.75) is 33.6 Å². The Morgan fingerprint density at radius 2 is 1.75 bits per heavy atom. The minimum Gasteiger partial charge on any atom is -0.493 e. The SMILES string of the molecule is CCOc1ccc(CCC(=O)Oc2c(C)cccc2C)cc1OC. The Morgan fingerprint density at radius 3 is 2.38 bits per heavy atom. The Kier molecular flexibility index (Phi) is 6.24. The van der Waals surface area contributed by atoms with E-state index in [4.69, 9.17) is 14.2 Å². The Labute approximate surface area is 143 Å². The summed E-state index contributed by atoms with van der Waals surface area (Å²) in [6.07, 6.45) is 0.900. The van der Waals surface area contributed by atoms with Crippen molar-refractivity contribution < 1.29 is 19.0 Å². The highest BCUT2D eigenvalue weighted by Crippen LogP contribution is 2.28. The number of rotatable bonds is 7. The summed E-state index contributed by atoms with van der Waals surface area (Å²) in [6.45, 7) is 6.38. The van der Waals surface area contributed by atoms with Crippen molar-refractivity contribution in [2.75, 3.05) is 13.7 Å². The van der Waals surface area contributed by atoms with E-state index >= 15 is 0 Å². The summed E-state index contributed by atoms with van der Waals surface area (Å²) in [4.78, 5) is 12.1. The summed E-state index contributed by atoms with van der Waals surface area (Å²) in [6, 6.07) is 11.5. The van der Waals surface area contributed by atoms with Crippen molar-refractivity contribution in [1.29, 1.82) is 0 Å². The second kappa shape index (κ2) is 8.39. The number of ether oxygens (including phenoxy) is 3. The second-order valence-corrected chi connectivity index (χ2v) is 5.61. The monoisotopic (exact) mass is 328 g/mol. The number of hydrogen-bond donors (Lipinski definition) is 0. The van der Waals surface area contributed by atoms with Crippen LogP contribution >= 0.6 is 0 Å². The van der Waals surface area contributed by atoms with E-state index < -0.39 is 0 Å². The first-order chi connectivity index (χ1) is 11.5. The van der Waals surface area contributed by atoms with Crippen LogP contribution in [0, 0.1) is 13.8 Å². The maximum absolute atomic E-state index is 12.1. The van der Waals surface area contributed by atoms with Gasteiger partial charge in [0.1, 0.15) is 5.75 Å². The van der Waals surface area contributed by atoms with E-state index in [1.807, 2.05) is 57.2 Å². The van der Waals surface area contributed by atoms with E-state index in [1.54, 1.807) is 7.11 Å². The zero-order chi connectivity index (χ0) is 17.5. The van der Waals surface area contributed by atoms with Crippen LogP contribution in [-0.2, 0) is 11.2 Å². The van der Waals surface area contributed by atoms with E-state index in [9.17, 15) is 4.79 Å². The van der Waals surface area contributed by atoms with E-state index in [-0.39, 0.29) is 5.97 Å². The molecule has 0 atom stereocenters. The van der Waals surface area contributed by atoms with Crippen molar-refractivity contribution >= 4 is 5.97 Å². The normalized spacial score (nSPS) is 10.3. The van der Waals surface area contributed by atoms with Gasteiger partial charge >= 0.3 is 5.97 Å². The molecule has 0 aromatic heterocycles. The Bertz CT molecular complexity index is 687. The van der Waals surface area contributed by atoms with Crippen LogP contribution in [-0.4, -0.2) is 19.7 Å². The largest absolute Gasteiger partial charge is 0.493 e. The second-order valence-electron chi connectivity index (χ2n) is 5.61. The lowest BCUT2D eigenvalue weighted by atomic mass is 10.1. The predicted molar refractivity (Wildman–Crippen MR) is 94.0 cm³/mol. The van der Waals surface area contributed by atoms with Gasteiger partial charge in [-0.25, -0.2) is 0 Å². The summed E-state index contributed by atoms with van der Waals surface area (Å²) in [5.74, 6) is 1.81. The molecule has 2 aromatic carbocycles. The lowest BCUT2D eigenvalue weighted by molar-refractivity contribution is -0.134. The van der Waals surface area contributed by atoms with E-state index in [1.165, 1.54) is 0 Å². The smallest absolute Gasteiger partial charge is 0.311 e. The zero-order valence-electron chi connectivity index (χ0n) is 14.7. The summed E-state index contributed by atoms with van der Waals surface area (Å²) in [5, 5.41) is 0. The van der Waals surface area contributed by atoms with Gasteiger partial charge in [-0.15, -0.1) is 0 Å². The van der Waals surface area contributed by atoms with Crippen LogP contribution in [0.4, 0.5) is 0 Å². The van der Waals surface area contributed by atoms with Crippen LogP contribution in [0.3, 0.4) is 0 Å². The van der Waals surface area contributed by atoms with Crippen molar-refractivity contribution in [3.63, 3.8) is 0 Å². The van der Waals surface area contributed by atoms with Gasteiger partial charge in [0, 0.05) is 6.42 Å². The average molecular weight is 328 g/mol. The summed E-state index contributed by atoms with van der Waals surface area (Å²) in [7, 11) is 1.61. The van der Waals surface area contributed by atoms with Gasteiger partial charge in [0.05, 0.1) is 13.7 Å². The molecule has 0 aliphatic heterocycles. The van der Waals surface area contributed by atoms with Gasteiger partial charge in [0.2, 0.25) is 0 Å². The van der Waals surface area contributed by atoms with Gasteiger partial charge in [0.15, 0.2) is 11.5 Å². The van der Waals surface area contributed by atoms with Crippen LogP contribution in [0.5, 0.6) is 17.2 Å². The summed E-state index contributed by atoms with van der Waals surface area (Å²) in [5.41, 5.74) is 2.94. The molecule has 0 amide bonds. The molecule has 2 aromatic rings. The molecule has 0 unspecified atom stereocenters. The van der Waals surface area contributed by atoms with Crippen LogP contribution < -0.4 is 14.2 Å². The molecule has 0 bridgehead atoms. The van der Waals surface area contributed by atoms with E-state index in [2.05, 4.69) is 0 Å². The Hall–Kier alpha value is -2.49. The van der Waals surface area contributed by atoms with Gasteiger partial charge in [-0.2, -0.15) is 0 Å². The highest BCUT2D eigenvalue weighted by molar-refractivity contribution is 5.73. The fourth-order valence-corrected chi connectivity index (χ4v) is 2.51. The molecule has 2 rings (SSSR count).